The molecule has 0 atom stereocenters. The monoisotopic (exact) mass is 528 g/mol. The van der Waals surface area contributed by atoms with E-state index in [0.29, 0.717) is 52.7 Å². The number of carbonyl (C=O) groups is 1. The van der Waals surface area contributed by atoms with Crippen LogP contribution in [0.15, 0.2) is 73.1 Å². The first-order valence-electron chi connectivity index (χ1n) is 13.1. The Bertz CT molecular complexity index is 1390. The molecule has 0 saturated carbocycles. The first kappa shape index (κ1) is 26.4. The molecule has 1 aliphatic rings. The van der Waals surface area contributed by atoms with Crippen molar-refractivity contribution in [2.45, 2.75) is 13.0 Å². The smallest absolute Gasteiger partial charge is 0.251 e. The van der Waals surface area contributed by atoms with Crippen molar-refractivity contribution in [2.24, 2.45) is 0 Å². The van der Waals surface area contributed by atoms with E-state index in [-0.39, 0.29) is 5.91 Å². The van der Waals surface area contributed by atoms with Crippen LogP contribution >= 0.6 is 0 Å². The Morgan fingerprint density at radius 2 is 1.85 bits per heavy atom. The van der Waals surface area contributed by atoms with Gasteiger partial charge in [0.1, 0.15) is 29.0 Å². The van der Waals surface area contributed by atoms with Gasteiger partial charge in [-0.05, 0) is 30.2 Å². The molecule has 1 aliphatic heterocycles. The van der Waals surface area contributed by atoms with Crippen molar-refractivity contribution in [1.82, 2.24) is 20.2 Å². The summed E-state index contributed by atoms with van der Waals surface area (Å²) in [5.41, 5.74) is 2.15. The lowest BCUT2D eigenvalue weighted by atomic mass is 10.2. The number of methoxy groups -OCH3 is 1. The molecule has 0 spiro atoms. The van der Waals surface area contributed by atoms with Gasteiger partial charge in [-0.25, -0.2) is 9.97 Å². The van der Waals surface area contributed by atoms with E-state index < -0.39 is 0 Å². The van der Waals surface area contributed by atoms with Crippen LogP contribution in [0.25, 0.3) is 10.9 Å². The molecule has 1 aromatic heterocycles. The van der Waals surface area contributed by atoms with Crippen LogP contribution in [0.3, 0.4) is 0 Å². The van der Waals surface area contributed by atoms with Gasteiger partial charge in [0.25, 0.3) is 5.91 Å². The van der Waals surface area contributed by atoms with E-state index in [4.69, 9.17) is 18.9 Å². The number of nitrogens with one attached hydrogen (secondary N) is 1. The van der Waals surface area contributed by atoms with Crippen LogP contribution in [0.4, 0.5) is 0 Å². The zero-order valence-corrected chi connectivity index (χ0v) is 22.0. The molecule has 1 fully saturated rings. The third-order valence-electron chi connectivity index (χ3n) is 6.46. The lowest BCUT2D eigenvalue weighted by Gasteiger charge is -2.26. The fraction of sp³-hybridized carbons (Fsp3) is 0.300. The van der Waals surface area contributed by atoms with Crippen LogP contribution in [0.5, 0.6) is 23.1 Å². The first-order chi connectivity index (χ1) is 19.2. The second-order valence-electron chi connectivity index (χ2n) is 9.15. The second kappa shape index (κ2) is 13.0. The van der Waals surface area contributed by atoms with Gasteiger partial charge in [0.2, 0.25) is 5.88 Å². The van der Waals surface area contributed by atoms with Crippen molar-refractivity contribution >= 4 is 16.8 Å². The van der Waals surface area contributed by atoms with E-state index in [1.807, 2.05) is 42.5 Å². The van der Waals surface area contributed by atoms with Crippen molar-refractivity contribution in [3.63, 3.8) is 0 Å². The van der Waals surface area contributed by atoms with Crippen LogP contribution < -0.4 is 19.5 Å². The van der Waals surface area contributed by atoms with E-state index in [2.05, 4.69) is 20.2 Å². The molecule has 1 saturated heterocycles. The molecule has 4 aromatic rings. The first-order valence-corrected chi connectivity index (χ1v) is 13.1. The molecular formula is C30H32N4O5. The van der Waals surface area contributed by atoms with Gasteiger partial charge in [-0.2, -0.15) is 0 Å². The number of carbonyl (C=O) groups excluding carboxylic acids is 1. The van der Waals surface area contributed by atoms with Gasteiger partial charge < -0.3 is 24.3 Å². The molecule has 1 amide bonds. The summed E-state index contributed by atoms with van der Waals surface area (Å²) in [6.45, 7) is 5.50. The average Bonchev–Trinajstić information content (AvgIpc) is 2.99. The highest BCUT2D eigenvalue weighted by atomic mass is 16.5. The Labute approximate surface area is 227 Å². The molecule has 0 radical (unpaired) electrons. The summed E-state index contributed by atoms with van der Waals surface area (Å²) in [5.74, 6) is 1.83. The summed E-state index contributed by atoms with van der Waals surface area (Å²) in [7, 11) is 1.59. The van der Waals surface area contributed by atoms with Crippen LogP contribution in [0, 0.1) is 0 Å². The van der Waals surface area contributed by atoms with Gasteiger partial charge in [0, 0.05) is 43.9 Å². The molecule has 1 N–H and O–H groups in total. The van der Waals surface area contributed by atoms with Gasteiger partial charge in [0.15, 0.2) is 0 Å². The summed E-state index contributed by atoms with van der Waals surface area (Å²) < 4.78 is 23.2. The van der Waals surface area contributed by atoms with Crippen molar-refractivity contribution in [3.05, 3.63) is 84.2 Å². The van der Waals surface area contributed by atoms with E-state index >= 15 is 0 Å². The van der Waals surface area contributed by atoms with Gasteiger partial charge in [-0.15, -0.1) is 0 Å². The minimum atomic E-state index is -0.190. The number of morpholine rings is 1. The Morgan fingerprint density at radius 1 is 1.00 bits per heavy atom. The van der Waals surface area contributed by atoms with E-state index in [1.165, 1.54) is 6.33 Å². The predicted molar refractivity (Wildman–Crippen MR) is 148 cm³/mol. The third-order valence-corrected chi connectivity index (χ3v) is 6.46. The van der Waals surface area contributed by atoms with Crippen LogP contribution in [-0.2, 0) is 11.3 Å². The van der Waals surface area contributed by atoms with Crippen LogP contribution in [0.2, 0.25) is 0 Å². The summed E-state index contributed by atoms with van der Waals surface area (Å²) in [5, 5.41) is 3.56. The maximum Gasteiger partial charge on any atom is 0.251 e. The lowest BCUT2D eigenvalue weighted by molar-refractivity contribution is 0.0358. The summed E-state index contributed by atoms with van der Waals surface area (Å²) in [4.78, 5) is 23.9. The Morgan fingerprint density at radius 3 is 2.67 bits per heavy atom. The minimum Gasteiger partial charge on any atom is -0.496 e. The maximum absolute atomic E-state index is 12.7. The molecule has 0 bridgehead atoms. The fourth-order valence-corrected chi connectivity index (χ4v) is 4.42. The number of nitrogens with zero attached hydrogens (tertiary/aromatic N) is 3. The highest BCUT2D eigenvalue weighted by Crippen LogP contribution is 2.37. The Kier molecular flexibility index (Phi) is 8.82. The highest BCUT2D eigenvalue weighted by Gasteiger charge is 2.16. The third kappa shape index (κ3) is 7.01. The molecule has 202 valence electrons. The number of ether oxygens (including phenoxy) is 4. The predicted octanol–water partition coefficient (Wildman–Crippen LogP) is 4.46. The van der Waals surface area contributed by atoms with Crippen molar-refractivity contribution in [2.75, 3.05) is 46.6 Å². The Hall–Kier alpha value is -4.21. The fourth-order valence-electron chi connectivity index (χ4n) is 4.42. The lowest BCUT2D eigenvalue weighted by Crippen LogP contribution is -2.37. The van der Waals surface area contributed by atoms with Crippen molar-refractivity contribution in [3.8, 4) is 23.1 Å². The molecule has 9 heteroatoms. The van der Waals surface area contributed by atoms with Crippen molar-refractivity contribution < 1.29 is 23.7 Å². The molecule has 0 aliphatic carbocycles. The maximum atomic E-state index is 12.7. The number of amides is 1. The van der Waals surface area contributed by atoms with E-state index in [9.17, 15) is 4.79 Å². The average molecular weight is 529 g/mol. The molecular weight excluding hydrogens is 496 g/mol. The van der Waals surface area contributed by atoms with E-state index in [1.54, 1.807) is 31.4 Å². The summed E-state index contributed by atoms with van der Waals surface area (Å²) >= 11 is 0. The zero-order valence-electron chi connectivity index (χ0n) is 22.0. The SMILES string of the molecule is COc1cc(OCCCN2CCOCC2)cc2ncnc(Oc3cccc(C(=O)NCc4ccccc4)c3)c12. The number of fused-ring (bicyclic) bond motifs is 1. The largest absolute Gasteiger partial charge is 0.496 e. The van der Waals surface area contributed by atoms with Gasteiger partial charge >= 0.3 is 0 Å². The number of benzene rings is 3. The standard InChI is InChI=1S/C30H32N4O5/c1-36-27-19-25(38-14-6-11-34-12-15-37-16-13-34)18-26-28(27)30(33-21-32-26)39-24-10-5-9-23(17-24)29(35)31-20-22-7-3-2-4-8-22/h2-5,7-10,17-19,21H,6,11-16,20H2,1H3,(H,31,35). The highest BCUT2D eigenvalue weighted by molar-refractivity contribution is 5.94. The minimum absolute atomic E-state index is 0.190. The van der Waals surface area contributed by atoms with E-state index in [0.717, 1.165) is 44.8 Å². The van der Waals surface area contributed by atoms with Crippen LogP contribution in [0.1, 0.15) is 22.3 Å². The van der Waals surface area contributed by atoms with Crippen molar-refractivity contribution in [1.29, 1.82) is 0 Å². The van der Waals surface area contributed by atoms with Crippen LogP contribution in [-0.4, -0.2) is 67.3 Å². The Balaban J connectivity index is 1.26. The molecule has 9 nitrogen and oxygen atoms in total. The van der Waals surface area contributed by atoms with Gasteiger partial charge in [0.05, 0.1) is 32.4 Å². The number of hydrogen-bond donors (Lipinski definition) is 1. The molecule has 5 rings (SSSR count). The quantitative estimate of drug-likeness (QED) is 0.285. The normalized spacial score (nSPS) is 13.7. The number of rotatable bonds is 11. The molecule has 0 unspecified atom stereocenters. The summed E-state index contributed by atoms with van der Waals surface area (Å²) in [6.07, 6.45) is 2.35. The molecule has 2 heterocycles. The number of aromatic nitrogens is 2. The number of hydrogen-bond acceptors (Lipinski definition) is 8. The molecule has 39 heavy (non-hydrogen) atoms. The van der Waals surface area contributed by atoms with Gasteiger partial charge in [-0.3, -0.25) is 9.69 Å². The second-order valence-corrected chi connectivity index (χ2v) is 9.15. The topological polar surface area (TPSA) is 95.0 Å². The summed E-state index contributed by atoms with van der Waals surface area (Å²) in [6, 6.07) is 20.4. The molecule has 3 aromatic carbocycles. The van der Waals surface area contributed by atoms with Gasteiger partial charge in [-0.1, -0.05) is 36.4 Å². The zero-order chi connectivity index (χ0) is 26.9.